The van der Waals surface area contributed by atoms with Gasteiger partial charge in [-0.2, -0.15) is 0 Å². The van der Waals surface area contributed by atoms with Crippen LogP contribution in [0.5, 0.6) is 0 Å². The van der Waals surface area contributed by atoms with E-state index in [1.807, 2.05) is 6.92 Å². The Morgan fingerprint density at radius 2 is 2.24 bits per heavy atom. The number of nitrogens with two attached hydrogens (primary N) is 1. The molecule has 0 aliphatic heterocycles. The fraction of sp³-hybridized carbons (Fsp3) is 0.417. The molecule has 0 heterocycles. The van der Waals surface area contributed by atoms with E-state index in [1.54, 1.807) is 18.2 Å². The molecule has 5 N–H and O–H groups in total. The van der Waals surface area contributed by atoms with Gasteiger partial charge in [0, 0.05) is 25.3 Å². The highest BCUT2D eigenvalue weighted by atomic mass is 16.3. The van der Waals surface area contributed by atoms with E-state index >= 15 is 0 Å². The highest BCUT2D eigenvalue weighted by molar-refractivity contribution is 5.96. The van der Waals surface area contributed by atoms with Gasteiger partial charge in [0.25, 0.3) is 5.91 Å². The van der Waals surface area contributed by atoms with Crippen molar-refractivity contribution >= 4 is 17.3 Å². The molecular weight excluding hydrogens is 218 g/mol. The number of nitrogens with one attached hydrogen (secondary N) is 2. The SMILES string of the molecule is CCNC(=O)c1ccc(NCCCO)c(N)c1. The van der Waals surface area contributed by atoms with Crippen LogP contribution in [0.15, 0.2) is 18.2 Å². The molecule has 0 radical (unpaired) electrons. The summed E-state index contributed by atoms with van der Waals surface area (Å²) >= 11 is 0. The van der Waals surface area contributed by atoms with Gasteiger partial charge in [-0.15, -0.1) is 0 Å². The van der Waals surface area contributed by atoms with Crippen LogP contribution in [0.2, 0.25) is 0 Å². The van der Waals surface area contributed by atoms with Crippen LogP contribution in [0.1, 0.15) is 23.7 Å². The van der Waals surface area contributed by atoms with Crippen molar-refractivity contribution in [3.8, 4) is 0 Å². The minimum Gasteiger partial charge on any atom is -0.397 e. The van der Waals surface area contributed by atoms with E-state index in [0.717, 1.165) is 5.69 Å². The summed E-state index contributed by atoms with van der Waals surface area (Å²) in [5.41, 5.74) is 7.70. The van der Waals surface area contributed by atoms with Crippen LogP contribution in [-0.2, 0) is 0 Å². The van der Waals surface area contributed by atoms with Gasteiger partial charge in [0.15, 0.2) is 0 Å². The number of aliphatic hydroxyl groups is 1. The molecule has 0 aliphatic rings. The average Bonchev–Trinajstić information content (AvgIpc) is 2.31. The van der Waals surface area contributed by atoms with Crippen molar-refractivity contribution in [3.63, 3.8) is 0 Å². The number of rotatable bonds is 6. The lowest BCUT2D eigenvalue weighted by Crippen LogP contribution is -2.22. The third-order valence-corrected chi connectivity index (χ3v) is 2.30. The fourth-order valence-corrected chi connectivity index (χ4v) is 1.43. The molecule has 1 aromatic rings. The Morgan fingerprint density at radius 3 is 2.82 bits per heavy atom. The fourth-order valence-electron chi connectivity index (χ4n) is 1.43. The Labute approximate surface area is 101 Å². The van der Waals surface area contributed by atoms with Crippen LogP contribution in [0.25, 0.3) is 0 Å². The van der Waals surface area contributed by atoms with Crippen molar-refractivity contribution < 1.29 is 9.90 Å². The van der Waals surface area contributed by atoms with Gasteiger partial charge in [0.05, 0.1) is 11.4 Å². The Hall–Kier alpha value is -1.75. The number of hydrogen-bond acceptors (Lipinski definition) is 4. The van der Waals surface area contributed by atoms with Crippen molar-refractivity contribution in [1.29, 1.82) is 0 Å². The number of aliphatic hydroxyl groups excluding tert-OH is 1. The lowest BCUT2D eigenvalue weighted by Gasteiger charge is -2.10. The maximum Gasteiger partial charge on any atom is 0.251 e. The highest BCUT2D eigenvalue weighted by Gasteiger charge is 2.06. The molecule has 1 rings (SSSR count). The molecule has 5 nitrogen and oxygen atoms in total. The summed E-state index contributed by atoms with van der Waals surface area (Å²) in [4.78, 5) is 11.5. The first kappa shape index (κ1) is 13.3. The Bertz CT molecular complexity index is 380. The average molecular weight is 237 g/mol. The minimum absolute atomic E-state index is 0.124. The van der Waals surface area contributed by atoms with Gasteiger partial charge in [0.2, 0.25) is 0 Å². The van der Waals surface area contributed by atoms with Crippen LogP contribution < -0.4 is 16.4 Å². The quantitative estimate of drug-likeness (QED) is 0.435. The van der Waals surface area contributed by atoms with Crippen molar-refractivity contribution in [3.05, 3.63) is 23.8 Å². The molecule has 0 fully saturated rings. The predicted octanol–water partition coefficient (Wildman–Crippen LogP) is 0.813. The number of nitrogen functional groups attached to an aromatic ring is 1. The van der Waals surface area contributed by atoms with Crippen molar-refractivity contribution in [1.82, 2.24) is 5.32 Å². The van der Waals surface area contributed by atoms with Gasteiger partial charge < -0.3 is 21.5 Å². The number of carbonyl (C=O) groups excluding carboxylic acids is 1. The van der Waals surface area contributed by atoms with E-state index in [-0.39, 0.29) is 12.5 Å². The zero-order valence-corrected chi connectivity index (χ0v) is 9.99. The van der Waals surface area contributed by atoms with Gasteiger partial charge >= 0.3 is 0 Å². The molecule has 5 heteroatoms. The first-order chi connectivity index (χ1) is 8.19. The second-order valence-electron chi connectivity index (χ2n) is 3.67. The molecule has 1 amide bonds. The maximum absolute atomic E-state index is 11.5. The topological polar surface area (TPSA) is 87.4 Å². The summed E-state index contributed by atoms with van der Waals surface area (Å²) in [5.74, 6) is -0.124. The van der Waals surface area contributed by atoms with Crippen LogP contribution >= 0.6 is 0 Å². The second-order valence-corrected chi connectivity index (χ2v) is 3.67. The molecule has 17 heavy (non-hydrogen) atoms. The normalized spacial score (nSPS) is 10.0. The number of anilines is 2. The first-order valence-corrected chi connectivity index (χ1v) is 5.71. The summed E-state index contributed by atoms with van der Waals surface area (Å²) in [6, 6.07) is 5.15. The summed E-state index contributed by atoms with van der Waals surface area (Å²) in [6.07, 6.45) is 0.664. The zero-order valence-electron chi connectivity index (χ0n) is 9.99. The number of benzene rings is 1. The summed E-state index contributed by atoms with van der Waals surface area (Å²) in [7, 11) is 0. The van der Waals surface area contributed by atoms with Gasteiger partial charge in [0.1, 0.15) is 0 Å². The van der Waals surface area contributed by atoms with E-state index < -0.39 is 0 Å². The number of amides is 1. The molecule has 1 aromatic carbocycles. The Morgan fingerprint density at radius 1 is 1.47 bits per heavy atom. The predicted molar refractivity (Wildman–Crippen MR) is 69.1 cm³/mol. The van der Waals surface area contributed by atoms with E-state index in [4.69, 9.17) is 10.8 Å². The minimum atomic E-state index is -0.124. The van der Waals surface area contributed by atoms with E-state index in [0.29, 0.717) is 30.8 Å². The third-order valence-electron chi connectivity index (χ3n) is 2.30. The van der Waals surface area contributed by atoms with Crippen molar-refractivity contribution in [2.24, 2.45) is 0 Å². The first-order valence-electron chi connectivity index (χ1n) is 5.71. The molecule has 0 unspecified atom stereocenters. The molecule has 0 spiro atoms. The van der Waals surface area contributed by atoms with Gasteiger partial charge in [-0.3, -0.25) is 4.79 Å². The number of carbonyl (C=O) groups is 1. The van der Waals surface area contributed by atoms with Crippen molar-refractivity contribution in [2.75, 3.05) is 30.7 Å². The van der Waals surface area contributed by atoms with E-state index in [1.165, 1.54) is 0 Å². The Kier molecular flexibility index (Phi) is 5.29. The smallest absolute Gasteiger partial charge is 0.251 e. The maximum atomic E-state index is 11.5. The summed E-state index contributed by atoms with van der Waals surface area (Å²) < 4.78 is 0. The molecule has 0 bridgehead atoms. The van der Waals surface area contributed by atoms with Crippen LogP contribution in [-0.4, -0.2) is 30.7 Å². The molecule has 0 aliphatic carbocycles. The zero-order chi connectivity index (χ0) is 12.7. The van der Waals surface area contributed by atoms with Gasteiger partial charge in [-0.05, 0) is 31.5 Å². The van der Waals surface area contributed by atoms with Crippen LogP contribution in [0.4, 0.5) is 11.4 Å². The summed E-state index contributed by atoms with van der Waals surface area (Å²) in [5, 5.41) is 14.5. The molecule has 0 saturated heterocycles. The van der Waals surface area contributed by atoms with E-state index in [2.05, 4.69) is 10.6 Å². The Balaban J connectivity index is 2.68. The van der Waals surface area contributed by atoms with E-state index in [9.17, 15) is 4.79 Å². The molecular formula is C12H19N3O2. The monoisotopic (exact) mass is 237 g/mol. The van der Waals surface area contributed by atoms with Crippen LogP contribution in [0.3, 0.4) is 0 Å². The standard InChI is InChI=1S/C12H19N3O2/c1-2-14-12(17)9-4-5-11(10(13)8-9)15-6-3-7-16/h4-5,8,15-16H,2-3,6-7,13H2,1H3,(H,14,17). The molecule has 0 aromatic heterocycles. The van der Waals surface area contributed by atoms with Gasteiger partial charge in [-0.1, -0.05) is 0 Å². The second kappa shape index (κ2) is 6.75. The molecule has 94 valence electrons. The lowest BCUT2D eigenvalue weighted by atomic mass is 10.1. The van der Waals surface area contributed by atoms with Crippen molar-refractivity contribution in [2.45, 2.75) is 13.3 Å². The number of hydrogen-bond donors (Lipinski definition) is 4. The van der Waals surface area contributed by atoms with Gasteiger partial charge in [-0.25, -0.2) is 0 Å². The van der Waals surface area contributed by atoms with Crippen LogP contribution in [0, 0.1) is 0 Å². The molecule has 0 atom stereocenters. The third kappa shape index (κ3) is 3.96. The summed E-state index contributed by atoms with van der Waals surface area (Å²) in [6.45, 7) is 3.26. The lowest BCUT2D eigenvalue weighted by molar-refractivity contribution is 0.0956. The molecule has 0 saturated carbocycles. The highest BCUT2D eigenvalue weighted by Crippen LogP contribution is 2.19. The largest absolute Gasteiger partial charge is 0.397 e.